The summed E-state index contributed by atoms with van der Waals surface area (Å²) in [6, 6.07) is 0. The second-order valence-corrected chi connectivity index (χ2v) is 5.25. The Hall–Kier alpha value is -0.990. The molecule has 3 nitrogen and oxygen atoms in total. The van der Waals surface area contributed by atoms with Crippen LogP contribution in [0.5, 0.6) is 0 Å². The van der Waals surface area contributed by atoms with Gasteiger partial charge in [-0.25, -0.2) is 0 Å². The number of hydrogen-bond donors (Lipinski definition) is 1. The first-order valence-electron chi connectivity index (χ1n) is 5.79. The van der Waals surface area contributed by atoms with Crippen LogP contribution < -0.4 is 5.73 Å². The monoisotopic (exact) mass is 207 g/mol. The fraction of sp³-hybridized carbons (Fsp3) is 0.750. The molecule has 1 aromatic heterocycles. The number of aromatic nitrogens is 2. The van der Waals surface area contributed by atoms with Gasteiger partial charge >= 0.3 is 0 Å². The van der Waals surface area contributed by atoms with Gasteiger partial charge in [0.1, 0.15) is 5.82 Å². The first kappa shape index (κ1) is 10.5. The Labute approximate surface area is 91.7 Å². The summed E-state index contributed by atoms with van der Waals surface area (Å²) < 4.78 is 1.80. The SMILES string of the molecule is Cc1c(C2CC2CC(C)C)nn(C)c1N. The average molecular weight is 207 g/mol. The Balaban J connectivity index is 2.10. The van der Waals surface area contributed by atoms with Crippen LogP contribution >= 0.6 is 0 Å². The molecule has 0 aliphatic heterocycles. The van der Waals surface area contributed by atoms with Crippen molar-refractivity contribution >= 4 is 5.82 Å². The van der Waals surface area contributed by atoms with Crippen molar-refractivity contribution in [3.63, 3.8) is 0 Å². The molecule has 0 bridgehead atoms. The molecular weight excluding hydrogens is 186 g/mol. The van der Waals surface area contributed by atoms with Crippen molar-refractivity contribution in [1.82, 2.24) is 9.78 Å². The number of anilines is 1. The van der Waals surface area contributed by atoms with E-state index in [1.807, 2.05) is 7.05 Å². The molecule has 2 rings (SSSR count). The Morgan fingerprint density at radius 2 is 2.20 bits per heavy atom. The molecular formula is C12H21N3. The number of aryl methyl sites for hydroxylation is 1. The highest BCUT2D eigenvalue weighted by molar-refractivity contribution is 5.44. The molecule has 2 atom stereocenters. The van der Waals surface area contributed by atoms with Gasteiger partial charge in [-0.1, -0.05) is 13.8 Å². The van der Waals surface area contributed by atoms with E-state index in [1.165, 1.54) is 24.1 Å². The predicted octanol–water partition coefficient (Wildman–Crippen LogP) is 2.46. The molecule has 1 saturated carbocycles. The maximum Gasteiger partial charge on any atom is 0.124 e. The molecule has 2 N–H and O–H groups in total. The van der Waals surface area contributed by atoms with Gasteiger partial charge in [-0.2, -0.15) is 5.10 Å². The fourth-order valence-corrected chi connectivity index (χ4v) is 2.47. The molecule has 15 heavy (non-hydrogen) atoms. The van der Waals surface area contributed by atoms with Crippen LogP contribution in [-0.4, -0.2) is 9.78 Å². The number of nitrogen functional groups attached to an aromatic ring is 1. The van der Waals surface area contributed by atoms with Crippen molar-refractivity contribution < 1.29 is 0 Å². The van der Waals surface area contributed by atoms with E-state index in [4.69, 9.17) is 5.73 Å². The van der Waals surface area contributed by atoms with Crippen molar-refractivity contribution in [2.45, 2.75) is 39.5 Å². The quantitative estimate of drug-likeness (QED) is 0.827. The minimum atomic E-state index is 0.677. The topological polar surface area (TPSA) is 43.8 Å². The van der Waals surface area contributed by atoms with E-state index in [0.29, 0.717) is 5.92 Å². The summed E-state index contributed by atoms with van der Waals surface area (Å²) in [7, 11) is 1.92. The highest BCUT2D eigenvalue weighted by atomic mass is 15.3. The van der Waals surface area contributed by atoms with Crippen molar-refractivity contribution in [2.24, 2.45) is 18.9 Å². The molecule has 0 spiro atoms. The molecule has 1 heterocycles. The molecule has 1 aliphatic carbocycles. The summed E-state index contributed by atoms with van der Waals surface area (Å²) in [5.41, 5.74) is 8.34. The largest absolute Gasteiger partial charge is 0.384 e. The summed E-state index contributed by atoms with van der Waals surface area (Å²) in [5, 5.41) is 4.52. The lowest BCUT2D eigenvalue weighted by atomic mass is 10.0. The van der Waals surface area contributed by atoms with Gasteiger partial charge in [0.15, 0.2) is 0 Å². The van der Waals surface area contributed by atoms with Crippen LogP contribution in [0.2, 0.25) is 0 Å². The van der Waals surface area contributed by atoms with E-state index in [-0.39, 0.29) is 0 Å². The van der Waals surface area contributed by atoms with Gasteiger partial charge in [0.05, 0.1) is 5.69 Å². The van der Waals surface area contributed by atoms with Gasteiger partial charge in [-0.05, 0) is 31.6 Å². The summed E-state index contributed by atoms with van der Waals surface area (Å²) in [6.07, 6.45) is 2.62. The van der Waals surface area contributed by atoms with E-state index in [1.54, 1.807) is 4.68 Å². The van der Waals surface area contributed by atoms with Crippen molar-refractivity contribution in [3.05, 3.63) is 11.3 Å². The molecule has 2 unspecified atom stereocenters. The van der Waals surface area contributed by atoms with E-state index in [2.05, 4.69) is 25.9 Å². The van der Waals surface area contributed by atoms with Crippen LogP contribution in [0.25, 0.3) is 0 Å². The standard InChI is InChI=1S/C12H21N3/c1-7(2)5-9-6-10(9)11-8(3)12(13)15(4)14-11/h7,9-10H,5-6,13H2,1-4H3. The van der Waals surface area contributed by atoms with Gasteiger partial charge in [0.25, 0.3) is 0 Å². The van der Waals surface area contributed by atoms with Gasteiger partial charge in [-0.3, -0.25) is 4.68 Å². The normalized spacial score (nSPS) is 24.9. The second-order valence-electron chi connectivity index (χ2n) is 5.25. The van der Waals surface area contributed by atoms with Gasteiger partial charge in [0, 0.05) is 18.5 Å². The van der Waals surface area contributed by atoms with Crippen molar-refractivity contribution in [1.29, 1.82) is 0 Å². The third-order valence-corrected chi connectivity index (χ3v) is 3.42. The highest BCUT2D eigenvalue weighted by Crippen LogP contribution is 2.51. The summed E-state index contributed by atoms with van der Waals surface area (Å²) in [4.78, 5) is 0. The molecule has 1 aromatic rings. The zero-order valence-corrected chi connectivity index (χ0v) is 10.1. The number of rotatable bonds is 3. The lowest BCUT2D eigenvalue weighted by Crippen LogP contribution is -1.97. The molecule has 0 aromatic carbocycles. The minimum absolute atomic E-state index is 0.677. The smallest absolute Gasteiger partial charge is 0.124 e. The van der Waals surface area contributed by atoms with E-state index < -0.39 is 0 Å². The molecule has 0 radical (unpaired) electrons. The number of nitrogens with zero attached hydrogens (tertiary/aromatic N) is 2. The van der Waals surface area contributed by atoms with Gasteiger partial charge < -0.3 is 5.73 Å². The van der Waals surface area contributed by atoms with Crippen molar-refractivity contribution in [2.75, 3.05) is 5.73 Å². The number of nitrogens with two attached hydrogens (primary N) is 1. The van der Waals surface area contributed by atoms with Crippen molar-refractivity contribution in [3.8, 4) is 0 Å². The average Bonchev–Trinajstić information content (AvgIpc) is 2.84. The van der Waals surface area contributed by atoms with Crippen LogP contribution in [-0.2, 0) is 7.05 Å². The van der Waals surface area contributed by atoms with E-state index in [0.717, 1.165) is 17.7 Å². The lowest BCUT2D eigenvalue weighted by molar-refractivity contribution is 0.529. The summed E-state index contributed by atoms with van der Waals surface area (Å²) in [5.74, 6) is 3.13. The zero-order valence-electron chi connectivity index (χ0n) is 10.1. The van der Waals surface area contributed by atoms with Crippen LogP contribution in [0.15, 0.2) is 0 Å². The number of hydrogen-bond acceptors (Lipinski definition) is 2. The van der Waals surface area contributed by atoms with Gasteiger partial charge in [-0.15, -0.1) is 0 Å². The van der Waals surface area contributed by atoms with Crippen LogP contribution in [0, 0.1) is 18.8 Å². The first-order valence-corrected chi connectivity index (χ1v) is 5.79. The summed E-state index contributed by atoms with van der Waals surface area (Å²) in [6.45, 7) is 6.66. The Morgan fingerprint density at radius 1 is 1.53 bits per heavy atom. The van der Waals surface area contributed by atoms with E-state index >= 15 is 0 Å². The fourth-order valence-electron chi connectivity index (χ4n) is 2.47. The van der Waals surface area contributed by atoms with Crippen LogP contribution in [0.3, 0.4) is 0 Å². The zero-order chi connectivity index (χ0) is 11.2. The molecule has 0 saturated heterocycles. The third kappa shape index (κ3) is 1.87. The van der Waals surface area contributed by atoms with Crippen LogP contribution in [0.1, 0.15) is 43.9 Å². The Morgan fingerprint density at radius 3 is 2.67 bits per heavy atom. The second kappa shape index (κ2) is 3.54. The molecule has 3 heteroatoms. The molecule has 1 aliphatic rings. The minimum Gasteiger partial charge on any atom is -0.384 e. The molecule has 84 valence electrons. The Bertz CT molecular complexity index is 365. The maximum absolute atomic E-state index is 5.92. The lowest BCUT2D eigenvalue weighted by Gasteiger charge is -2.02. The molecule has 0 amide bonds. The molecule has 1 fully saturated rings. The van der Waals surface area contributed by atoms with E-state index in [9.17, 15) is 0 Å². The predicted molar refractivity (Wildman–Crippen MR) is 62.7 cm³/mol. The van der Waals surface area contributed by atoms with Gasteiger partial charge in [0.2, 0.25) is 0 Å². The van der Waals surface area contributed by atoms with Crippen LogP contribution in [0.4, 0.5) is 5.82 Å². The maximum atomic E-state index is 5.92. The first-order chi connectivity index (χ1) is 7.00. The summed E-state index contributed by atoms with van der Waals surface area (Å²) >= 11 is 0. The third-order valence-electron chi connectivity index (χ3n) is 3.42. The Kier molecular flexibility index (Phi) is 2.49. The highest BCUT2D eigenvalue weighted by Gasteiger charge is 2.41.